The fraction of sp³-hybridized carbons (Fsp3) is 0.455. The summed E-state index contributed by atoms with van der Waals surface area (Å²) in [6.07, 6.45) is 1.01. The summed E-state index contributed by atoms with van der Waals surface area (Å²) in [5, 5.41) is 13.3. The lowest BCUT2D eigenvalue weighted by Gasteiger charge is -2.25. The van der Waals surface area contributed by atoms with Gasteiger partial charge in [0.05, 0.1) is 22.6 Å². The van der Waals surface area contributed by atoms with Gasteiger partial charge >= 0.3 is 0 Å². The van der Waals surface area contributed by atoms with Crippen molar-refractivity contribution in [2.75, 3.05) is 19.5 Å². The average molecular weight is 268 g/mol. The molecule has 0 aliphatic carbocycles. The van der Waals surface area contributed by atoms with Gasteiger partial charge in [0.25, 0.3) is 11.6 Å². The number of hydrogen-bond acceptors (Lipinski definition) is 6. The first kappa shape index (κ1) is 14.8. The Bertz CT molecular complexity index is 501. The summed E-state index contributed by atoms with van der Waals surface area (Å²) in [4.78, 5) is 25.7. The molecule has 1 aromatic rings. The molecule has 0 atom stereocenters. The summed E-state index contributed by atoms with van der Waals surface area (Å²) in [7, 11) is 1.51. The highest BCUT2D eigenvalue weighted by atomic mass is 16.6. The Labute approximate surface area is 110 Å². The van der Waals surface area contributed by atoms with Crippen LogP contribution >= 0.6 is 0 Å². The van der Waals surface area contributed by atoms with Crippen molar-refractivity contribution >= 4 is 17.4 Å². The van der Waals surface area contributed by atoms with Gasteiger partial charge in [-0.3, -0.25) is 14.9 Å². The van der Waals surface area contributed by atoms with Crippen molar-refractivity contribution in [1.82, 2.24) is 10.3 Å². The summed E-state index contributed by atoms with van der Waals surface area (Å²) in [6.45, 7) is 3.81. The third-order valence-corrected chi connectivity index (χ3v) is 2.32. The molecule has 0 fully saturated rings. The molecule has 0 bridgehead atoms. The number of carbonyl (C=O) groups is 1. The highest BCUT2D eigenvalue weighted by Gasteiger charge is 2.24. The number of aromatic nitrogens is 1. The number of nitrogens with one attached hydrogen (secondary N) is 1. The third-order valence-electron chi connectivity index (χ3n) is 2.32. The first-order valence-corrected chi connectivity index (χ1v) is 5.48. The summed E-state index contributed by atoms with van der Waals surface area (Å²) >= 11 is 0. The van der Waals surface area contributed by atoms with Crippen molar-refractivity contribution in [2.24, 2.45) is 0 Å². The fourth-order valence-electron chi connectivity index (χ4n) is 1.52. The van der Waals surface area contributed by atoms with Gasteiger partial charge in [-0.05, 0) is 13.8 Å². The highest BCUT2D eigenvalue weighted by Crippen LogP contribution is 2.17. The van der Waals surface area contributed by atoms with Crippen LogP contribution in [-0.4, -0.2) is 35.1 Å². The summed E-state index contributed by atoms with van der Waals surface area (Å²) in [5.41, 5.74) is 4.62. The molecule has 1 aromatic heterocycles. The Balaban J connectivity index is 2.99. The van der Waals surface area contributed by atoms with Gasteiger partial charge < -0.3 is 15.8 Å². The van der Waals surface area contributed by atoms with Crippen LogP contribution in [0.3, 0.4) is 0 Å². The lowest BCUT2D eigenvalue weighted by atomic mass is 10.1. The number of carbonyl (C=O) groups excluding carboxylic acids is 1. The molecule has 19 heavy (non-hydrogen) atoms. The number of rotatable bonds is 5. The van der Waals surface area contributed by atoms with E-state index in [0.29, 0.717) is 6.61 Å². The highest BCUT2D eigenvalue weighted by molar-refractivity contribution is 5.99. The molecular weight excluding hydrogens is 252 g/mol. The number of anilines is 1. The van der Waals surface area contributed by atoms with Gasteiger partial charge in [-0.2, -0.15) is 0 Å². The van der Waals surface area contributed by atoms with Crippen molar-refractivity contribution < 1.29 is 14.5 Å². The van der Waals surface area contributed by atoms with E-state index in [2.05, 4.69) is 10.3 Å². The molecule has 0 aliphatic rings. The first-order chi connectivity index (χ1) is 8.76. The summed E-state index contributed by atoms with van der Waals surface area (Å²) in [5.74, 6) is -0.591. The van der Waals surface area contributed by atoms with Crippen molar-refractivity contribution in [2.45, 2.75) is 19.4 Å². The minimum atomic E-state index is -0.635. The number of pyridine rings is 1. The molecule has 1 amide bonds. The van der Waals surface area contributed by atoms with Crippen LogP contribution in [0.25, 0.3) is 0 Å². The SMILES string of the molecule is COCC(C)(C)NC(=O)c1cc([N+](=O)[O-])cnc1N. The van der Waals surface area contributed by atoms with Gasteiger partial charge in [0, 0.05) is 13.2 Å². The van der Waals surface area contributed by atoms with Crippen molar-refractivity contribution in [1.29, 1.82) is 0 Å². The van der Waals surface area contributed by atoms with Gasteiger partial charge in [0.1, 0.15) is 12.0 Å². The van der Waals surface area contributed by atoms with Gasteiger partial charge in [0.2, 0.25) is 0 Å². The van der Waals surface area contributed by atoms with Crippen LogP contribution in [0.15, 0.2) is 12.3 Å². The minimum absolute atomic E-state index is 0.0293. The van der Waals surface area contributed by atoms with Gasteiger partial charge in [-0.25, -0.2) is 4.98 Å². The van der Waals surface area contributed by atoms with Crippen LogP contribution < -0.4 is 11.1 Å². The van der Waals surface area contributed by atoms with E-state index in [-0.39, 0.29) is 17.1 Å². The lowest BCUT2D eigenvalue weighted by molar-refractivity contribution is -0.385. The first-order valence-electron chi connectivity index (χ1n) is 5.48. The van der Waals surface area contributed by atoms with E-state index in [1.807, 2.05) is 0 Å². The van der Waals surface area contributed by atoms with Crippen LogP contribution in [0, 0.1) is 10.1 Å². The van der Waals surface area contributed by atoms with E-state index >= 15 is 0 Å². The lowest BCUT2D eigenvalue weighted by Crippen LogP contribution is -2.47. The fourth-order valence-corrected chi connectivity index (χ4v) is 1.52. The Morgan fingerprint density at radius 3 is 2.79 bits per heavy atom. The average Bonchev–Trinajstić information content (AvgIpc) is 2.28. The molecule has 0 radical (unpaired) electrons. The van der Waals surface area contributed by atoms with Crippen molar-refractivity contribution in [3.05, 3.63) is 27.9 Å². The molecule has 0 aliphatic heterocycles. The molecule has 0 unspecified atom stereocenters. The maximum atomic E-state index is 12.0. The smallest absolute Gasteiger partial charge is 0.288 e. The molecule has 1 rings (SSSR count). The Hall–Kier alpha value is -2.22. The van der Waals surface area contributed by atoms with Crippen LogP contribution in [0.2, 0.25) is 0 Å². The number of amides is 1. The monoisotopic (exact) mass is 268 g/mol. The molecular formula is C11H16N4O4. The van der Waals surface area contributed by atoms with Gasteiger partial charge in [0.15, 0.2) is 0 Å². The molecule has 0 saturated carbocycles. The molecule has 3 N–H and O–H groups in total. The number of nitrogen functional groups attached to an aromatic ring is 1. The summed E-state index contributed by atoms with van der Waals surface area (Å²) < 4.78 is 4.97. The van der Waals surface area contributed by atoms with Crippen LogP contribution in [0.1, 0.15) is 24.2 Å². The number of nitro groups is 1. The predicted octanol–water partition coefficient (Wildman–Crippen LogP) is 0.727. The van der Waals surface area contributed by atoms with Gasteiger partial charge in [-0.15, -0.1) is 0 Å². The minimum Gasteiger partial charge on any atom is -0.383 e. The normalized spacial score (nSPS) is 11.1. The summed E-state index contributed by atoms with van der Waals surface area (Å²) in [6, 6.07) is 1.10. The number of nitrogens with zero attached hydrogens (tertiary/aromatic N) is 2. The van der Waals surface area contributed by atoms with E-state index in [4.69, 9.17) is 10.5 Å². The van der Waals surface area contributed by atoms with E-state index < -0.39 is 16.4 Å². The van der Waals surface area contributed by atoms with Gasteiger partial charge in [-0.1, -0.05) is 0 Å². The standard InChI is InChI=1S/C11H16N4O4/c1-11(2,6-19-3)14-10(16)8-4-7(15(17)18)5-13-9(8)12/h4-5H,6H2,1-3H3,(H2,12,13)(H,14,16). The molecule has 8 nitrogen and oxygen atoms in total. The molecule has 8 heteroatoms. The largest absolute Gasteiger partial charge is 0.383 e. The Morgan fingerprint density at radius 1 is 1.63 bits per heavy atom. The van der Waals surface area contributed by atoms with Crippen molar-refractivity contribution in [3.8, 4) is 0 Å². The second-order valence-electron chi connectivity index (χ2n) is 4.65. The number of ether oxygens (including phenoxy) is 1. The zero-order valence-electron chi connectivity index (χ0n) is 11.0. The maximum Gasteiger partial charge on any atom is 0.288 e. The number of nitrogens with two attached hydrogens (primary N) is 1. The predicted molar refractivity (Wildman–Crippen MR) is 68.7 cm³/mol. The van der Waals surface area contributed by atoms with E-state index in [1.165, 1.54) is 7.11 Å². The Kier molecular flexibility index (Phi) is 4.38. The topological polar surface area (TPSA) is 120 Å². The maximum absolute atomic E-state index is 12.0. The van der Waals surface area contributed by atoms with Crippen LogP contribution in [0.5, 0.6) is 0 Å². The van der Waals surface area contributed by atoms with E-state index in [0.717, 1.165) is 12.3 Å². The zero-order chi connectivity index (χ0) is 14.6. The number of hydrogen-bond donors (Lipinski definition) is 2. The number of methoxy groups -OCH3 is 1. The molecule has 0 spiro atoms. The Morgan fingerprint density at radius 2 is 2.26 bits per heavy atom. The van der Waals surface area contributed by atoms with Crippen molar-refractivity contribution in [3.63, 3.8) is 0 Å². The van der Waals surface area contributed by atoms with Crippen LogP contribution in [-0.2, 0) is 4.74 Å². The second kappa shape index (κ2) is 5.61. The quantitative estimate of drug-likeness (QED) is 0.599. The molecule has 0 saturated heterocycles. The molecule has 0 aromatic carbocycles. The molecule has 104 valence electrons. The van der Waals surface area contributed by atoms with E-state index in [1.54, 1.807) is 13.8 Å². The second-order valence-corrected chi connectivity index (χ2v) is 4.65. The third kappa shape index (κ3) is 3.88. The zero-order valence-corrected chi connectivity index (χ0v) is 11.0. The van der Waals surface area contributed by atoms with Crippen LogP contribution in [0.4, 0.5) is 11.5 Å². The molecule has 1 heterocycles. The van der Waals surface area contributed by atoms with E-state index in [9.17, 15) is 14.9 Å².